The van der Waals surface area contributed by atoms with Gasteiger partial charge in [-0.2, -0.15) is 0 Å². The molecule has 1 aliphatic heterocycles. The predicted molar refractivity (Wildman–Crippen MR) is 104 cm³/mol. The number of hydrogen-bond acceptors (Lipinski definition) is 3. The summed E-state index contributed by atoms with van der Waals surface area (Å²) in [6.45, 7) is 20.1. The molecule has 0 aromatic carbocycles. The van der Waals surface area contributed by atoms with Crippen LogP contribution in [0.15, 0.2) is 4.99 Å². The molecule has 0 aliphatic carbocycles. The van der Waals surface area contributed by atoms with Gasteiger partial charge in [0.25, 0.3) is 0 Å². The molecule has 1 saturated heterocycles. The van der Waals surface area contributed by atoms with Crippen LogP contribution in [0, 0.1) is 11.3 Å². The molecule has 0 aromatic heterocycles. The zero-order chi connectivity index (χ0) is 18.0. The highest BCUT2D eigenvalue weighted by Gasteiger charge is 2.35. The van der Waals surface area contributed by atoms with Gasteiger partial charge in [0.2, 0.25) is 0 Å². The highest BCUT2D eigenvalue weighted by Crippen LogP contribution is 2.34. The highest BCUT2D eigenvalue weighted by atomic mass is 16.5. The van der Waals surface area contributed by atoms with Gasteiger partial charge in [0.05, 0.1) is 6.10 Å². The van der Waals surface area contributed by atoms with E-state index in [1.54, 1.807) is 0 Å². The lowest BCUT2D eigenvalue weighted by Crippen LogP contribution is -2.44. The summed E-state index contributed by atoms with van der Waals surface area (Å²) in [6.07, 6.45) is 2.66. The zero-order valence-electron chi connectivity index (χ0n) is 16.8. The summed E-state index contributed by atoms with van der Waals surface area (Å²) in [5.74, 6) is 1.44. The van der Waals surface area contributed by atoms with Crippen molar-refractivity contribution in [1.29, 1.82) is 0 Å². The van der Waals surface area contributed by atoms with Crippen molar-refractivity contribution in [3.8, 4) is 0 Å². The molecule has 1 fully saturated rings. The van der Waals surface area contributed by atoms with Crippen LogP contribution >= 0.6 is 0 Å². The maximum atomic E-state index is 6.07. The first-order valence-corrected chi connectivity index (χ1v) is 9.78. The SMILES string of the molecule is CCNC(=NCC1CCCOC1C(C)(C)C)NCCN(CC)CC. The summed E-state index contributed by atoms with van der Waals surface area (Å²) in [5, 5.41) is 6.83. The van der Waals surface area contributed by atoms with Crippen LogP contribution in [0.3, 0.4) is 0 Å². The van der Waals surface area contributed by atoms with Crippen LogP contribution in [0.4, 0.5) is 0 Å². The van der Waals surface area contributed by atoms with Gasteiger partial charge in [-0.25, -0.2) is 0 Å². The Hall–Kier alpha value is -0.810. The second-order valence-electron chi connectivity index (χ2n) is 7.73. The fourth-order valence-electron chi connectivity index (χ4n) is 3.41. The molecular formula is C19H40N4O. The van der Waals surface area contributed by atoms with E-state index in [0.29, 0.717) is 12.0 Å². The van der Waals surface area contributed by atoms with Crippen molar-refractivity contribution in [1.82, 2.24) is 15.5 Å². The van der Waals surface area contributed by atoms with Crippen molar-refractivity contribution in [3.63, 3.8) is 0 Å². The molecule has 1 heterocycles. The van der Waals surface area contributed by atoms with Crippen molar-refractivity contribution in [2.75, 3.05) is 45.9 Å². The van der Waals surface area contributed by atoms with Crippen molar-refractivity contribution < 1.29 is 4.74 Å². The van der Waals surface area contributed by atoms with Crippen LogP contribution in [0.25, 0.3) is 0 Å². The fraction of sp³-hybridized carbons (Fsp3) is 0.947. The Morgan fingerprint density at radius 2 is 1.88 bits per heavy atom. The van der Waals surface area contributed by atoms with Gasteiger partial charge >= 0.3 is 0 Å². The van der Waals surface area contributed by atoms with E-state index < -0.39 is 0 Å². The summed E-state index contributed by atoms with van der Waals surface area (Å²) in [7, 11) is 0. The molecule has 2 unspecified atom stereocenters. The number of hydrogen-bond donors (Lipinski definition) is 2. The lowest BCUT2D eigenvalue weighted by molar-refractivity contribution is -0.0823. The number of ether oxygens (including phenoxy) is 1. The molecule has 1 aliphatic rings. The average Bonchev–Trinajstić information content (AvgIpc) is 2.56. The van der Waals surface area contributed by atoms with Crippen LogP contribution in [-0.4, -0.2) is 62.8 Å². The number of rotatable bonds is 8. The first kappa shape index (κ1) is 21.2. The highest BCUT2D eigenvalue weighted by molar-refractivity contribution is 5.79. The summed E-state index contributed by atoms with van der Waals surface area (Å²) in [6, 6.07) is 0. The lowest BCUT2D eigenvalue weighted by Gasteiger charge is -2.39. The molecule has 1 rings (SSSR count). The third-order valence-corrected chi connectivity index (χ3v) is 4.74. The number of aliphatic imine (C=N–C) groups is 1. The quantitative estimate of drug-likeness (QED) is 0.527. The summed E-state index contributed by atoms with van der Waals surface area (Å²) >= 11 is 0. The van der Waals surface area contributed by atoms with Crippen molar-refractivity contribution >= 4 is 5.96 Å². The average molecular weight is 341 g/mol. The Morgan fingerprint density at radius 1 is 1.17 bits per heavy atom. The second kappa shape index (κ2) is 10.9. The number of nitrogens with zero attached hydrogens (tertiary/aromatic N) is 2. The normalized spacial score (nSPS) is 22.7. The molecule has 0 radical (unpaired) electrons. The molecule has 0 amide bonds. The number of nitrogens with one attached hydrogen (secondary N) is 2. The van der Waals surface area contributed by atoms with Gasteiger partial charge in [0, 0.05) is 38.7 Å². The summed E-state index contributed by atoms with van der Waals surface area (Å²) < 4.78 is 6.07. The topological polar surface area (TPSA) is 48.9 Å². The molecule has 0 spiro atoms. The molecule has 0 bridgehead atoms. The van der Waals surface area contributed by atoms with Crippen molar-refractivity contribution in [3.05, 3.63) is 0 Å². The van der Waals surface area contributed by atoms with Gasteiger partial charge in [-0.1, -0.05) is 34.6 Å². The molecule has 5 nitrogen and oxygen atoms in total. The minimum atomic E-state index is 0.176. The molecular weight excluding hydrogens is 300 g/mol. The molecule has 2 N–H and O–H groups in total. The van der Waals surface area contributed by atoms with Crippen molar-refractivity contribution in [2.45, 2.75) is 60.5 Å². The van der Waals surface area contributed by atoms with Gasteiger partial charge < -0.3 is 20.3 Å². The van der Waals surface area contributed by atoms with E-state index in [0.717, 1.165) is 58.3 Å². The Morgan fingerprint density at radius 3 is 2.46 bits per heavy atom. The van der Waals surface area contributed by atoms with Gasteiger partial charge in [0.15, 0.2) is 5.96 Å². The van der Waals surface area contributed by atoms with E-state index in [1.165, 1.54) is 6.42 Å². The van der Waals surface area contributed by atoms with Crippen LogP contribution in [0.1, 0.15) is 54.4 Å². The summed E-state index contributed by atoms with van der Waals surface area (Å²) in [5.41, 5.74) is 0.176. The Bertz CT molecular complexity index is 361. The maximum Gasteiger partial charge on any atom is 0.191 e. The smallest absolute Gasteiger partial charge is 0.191 e. The molecule has 2 atom stereocenters. The van der Waals surface area contributed by atoms with Crippen LogP contribution in [-0.2, 0) is 4.74 Å². The Kier molecular flexibility index (Phi) is 9.67. The predicted octanol–water partition coefficient (Wildman–Crippen LogP) is 2.72. The third kappa shape index (κ3) is 7.39. The molecule has 5 heteroatoms. The summed E-state index contributed by atoms with van der Waals surface area (Å²) in [4.78, 5) is 7.26. The lowest BCUT2D eigenvalue weighted by atomic mass is 9.78. The van der Waals surface area contributed by atoms with E-state index >= 15 is 0 Å². The van der Waals surface area contributed by atoms with Gasteiger partial charge in [-0.05, 0) is 38.3 Å². The second-order valence-corrected chi connectivity index (χ2v) is 7.73. The van der Waals surface area contributed by atoms with Crippen LogP contribution in [0.5, 0.6) is 0 Å². The third-order valence-electron chi connectivity index (χ3n) is 4.74. The van der Waals surface area contributed by atoms with Crippen molar-refractivity contribution in [2.24, 2.45) is 16.3 Å². The van der Waals surface area contributed by atoms with Gasteiger partial charge in [-0.3, -0.25) is 4.99 Å². The van der Waals surface area contributed by atoms with Crippen LogP contribution in [0.2, 0.25) is 0 Å². The monoisotopic (exact) mass is 340 g/mol. The van der Waals surface area contributed by atoms with Gasteiger partial charge in [0.1, 0.15) is 0 Å². The van der Waals surface area contributed by atoms with E-state index in [4.69, 9.17) is 9.73 Å². The molecule has 0 saturated carbocycles. The standard InChI is InChI=1S/C19H40N4O/c1-7-20-18(21-12-13-23(8-2)9-3)22-15-16-11-10-14-24-17(16)19(4,5)6/h16-17H,7-15H2,1-6H3,(H2,20,21,22). The first-order chi connectivity index (χ1) is 11.4. The van der Waals surface area contributed by atoms with Gasteiger partial charge in [-0.15, -0.1) is 0 Å². The minimum absolute atomic E-state index is 0.176. The van der Waals surface area contributed by atoms with E-state index in [9.17, 15) is 0 Å². The first-order valence-electron chi connectivity index (χ1n) is 9.78. The van der Waals surface area contributed by atoms with E-state index in [2.05, 4.69) is 57.1 Å². The zero-order valence-corrected chi connectivity index (χ0v) is 16.8. The van der Waals surface area contributed by atoms with Crippen LogP contribution < -0.4 is 10.6 Å². The molecule has 24 heavy (non-hydrogen) atoms. The fourth-order valence-corrected chi connectivity index (χ4v) is 3.41. The Balaban J connectivity index is 2.56. The number of guanidine groups is 1. The van der Waals surface area contributed by atoms with E-state index in [1.807, 2.05) is 0 Å². The largest absolute Gasteiger partial charge is 0.377 e. The minimum Gasteiger partial charge on any atom is -0.377 e. The number of likely N-dealkylation sites (N-methyl/N-ethyl adjacent to an activating group) is 1. The maximum absolute atomic E-state index is 6.07. The van der Waals surface area contributed by atoms with E-state index in [-0.39, 0.29) is 5.41 Å². The Labute approximate surface area is 149 Å². The molecule has 142 valence electrons. The molecule has 0 aromatic rings.